The van der Waals surface area contributed by atoms with Crippen molar-refractivity contribution in [2.45, 2.75) is 44.8 Å². The summed E-state index contributed by atoms with van der Waals surface area (Å²) >= 11 is 0. The van der Waals surface area contributed by atoms with Gasteiger partial charge in [-0.15, -0.1) is 0 Å². The molecule has 0 unspecified atom stereocenters. The molecule has 76 valence electrons. The number of rotatable bonds is 2. The van der Waals surface area contributed by atoms with Crippen LogP contribution < -0.4 is 0 Å². The third kappa shape index (κ3) is 2.10. The summed E-state index contributed by atoms with van der Waals surface area (Å²) in [6.45, 7) is 5.75. The molecule has 0 aromatic carbocycles. The van der Waals surface area contributed by atoms with Crippen LogP contribution in [0.25, 0.3) is 0 Å². The molecule has 0 bridgehead atoms. The highest BCUT2D eigenvalue weighted by Gasteiger charge is 2.37. The normalized spacial score (nSPS) is 39.8. The van der Waals surface area contributed by atoms with E-state index in [0.29, 0.717) is 12.8 Å². The fourth-order valence-electron chi connectivity index (χ4n) is 1.49. The summed E-state index contributed by atoms with van der Waals surface area (Å²) in [5.41, 5.74) is -1.36. The molecule has 0 aromatic heterocycles. The molecule has 1 aliphatic rings. The Morgan fingerprint density at radius 3 is 2.23 bits per heavy atom. The molecule has 0 saturated heterocycles. The lowest BCUT2D eigenvalue weighted by Gasteiger charge is -2.37. The summed E-state index contributed by atoms with van der Waals surface area (Å²) in [7, 11) is 0. The molecule has 1 aliphatic carbocycles. The van der Waals surface area contributed by atoms with Crippen molar-refractivity contribution in [2.75, 3.05) is 0 Å². The van der Waals surface area contributed by atoms with Crippen molar-refractivity contribution in [2.24, 2.45) is 5.92 Å². The van der Waals surface area contributed by atoms with Crippen LogP contribution in [0.1, 0.15) is 33.6 Å². The van der Waals surface area contributed by atoms with Gasteiger partial charge in [-0.1, -0.05) is 26.0 Å². The van der Waals surface area contributed by atoms with Crippen LogP contribution in [0.2, 0.25) is 0 Å². The monoisotopic (exact) mass is 186 g/mol. The second-order valence-corrected chi connectivity index (χ2v) is 4.38. The highest BCUT2D eigenvalue weighted by atomic mass is 17.1. The first-order chi connectivity index (χ1) is 5.92. The Hall–Kier alpha value is -0.380. The predicted octanol–water partition coefficient (Wildman–Crippen LogP) is 1.97. The molecule has 0 amide bonds. The summed E-state index contributed by atoms with van der Waals surface area (Å²) in [5, 5.41) is 18.7. The van der Waals surface area contributed by atoms with Crippen molar-refractivity contribution >= 4 is 0 Å². The SMILES string of the molecule is CC(C)[C@@]1(O)C=C[C@](C)(OO)CC1. The second-order valence-electron chi connectivity index (χ2n) is 4.38. The van der Waals surface area contributed by atoms with E-state index in [1.807, 2.05) is 13.8 Å². The molecule has 3 nitrogen and oxygen atoms in total. The van der Waals surface area contributed by atoms with Gasteiger partial charge in [0.15, 0.2) is 0 Å². The van der Waals surface area contributed by atoms with Gasteiger partial charge in [-0.2, -0.15) is 0 Å². The van der Waals surface area contributed by atoms with Gasteiger partial charge in [-0.05, 0) is 25.7 Å². The number of hydrogen-bond acceptors (Lipinski definition) is 3. The third-order valence-corrected chi connectivity index (χ3v) is 2.95. The lowest BCUT2D eigenvalue weighted by atomic mass is 9.77. The zero-order valence-corrected chi connectivity index (χ0v) is 8.45. The molecule has 13 heavy (non-hydrogen) atoms. The van der Waals surface area contributed by atoms with Gasteiger partial charge < -0.3 is 5.11 Å². The molecule has 0 aliphatic heterocycles. The largest absolute Gasteiger partial charge is 0.386 e. The molecule has 0 spiro atoms. The van der Waals surface area contributed by atoms with Crippen molar-refractivity contribution in [3.8, 4) is 0 Å². The molecule has 1 rings (SSSR count). The van der Waals surface area contributed by atoms with Gasteiger partial charge in [0.25, 0.3) is 0 Å². The first-order valence-electron chi connectivity index (χ1n) is 4.67. The molecule has 0 fully saturated rings. The van der Waals surface area contributed by atoms with Crippen LogP contribution in [-0.4, -0.2) is 21.6 Å². The summed E-state index contributed by atoms with van der Waals surface area (Å²) in [4.78, 5) is 4.35. The maximum Gasteiger partial charge on any atom is 0.119 e. The first-order valence-corrected chi connectivity index (χ1v) is 4.67. The predicted molar refractivity (Wildman–Crippen MR) is 50.3 cm³/mol. The Kier molecular flexibility index (Phi) is 2.80. The molecule has 3 heteroatoms. The quantitative estimate of drug-likeness (QED) is 0.394. The highest BCUT2D eigenvalue weighted by molar-refractivity contribution is 5.14. The average Bonchev–Trinajstić information content (AvgIpc) is 2.11. The van der Waals surface area contributed by atoms with E-state index in [-0.39, 0.29) is 5.92 Å². The molecule has 0 heterocycles. The highest BCUT2D eigenvalue weighted by Crippen LogP contribution is 2.34. The van der Waals surface area contributed by atoms with Gasteiger partial charge in [0.2, 0.25) is 0 Å². The van der Waals surface area contributed by atoms with E-state index in [1.54, 1.807) is 19.1 Å². The maximum absolute atomic E-state index is 10.1. The Labute approximate surface area is 79.0 Å². The summed E-state index contributed by atoms with van der Waals surface area (Å²) in [6, 6.07) is 0. The van der Waals surface area contributed by atoms with E-state index >= 15 is 0 Å². The zero-order valence-electron chi connectivity index (χ0n) is 8.45. The van der Waals surface area contributed by atoms with Crippen LogP contribution in [0.4, 0.5) is 0 Å². The Morgan fingerprint density at radius 2 is 1.92 bits per heavy atom. The van der Waals surface area contributed by atoms with Crippen molar-refractivity contribution in [3.05, 3.63) is 12.2 Å². The average molecular weight is 186 g/mol. The van der Waals surface area contributed by atoms with Gasteiger partial charge in [0.1, 0.15) is 5.60 Å². The fraction of sp³-hybridized carbons (Fsp3) is 0.800. The Balaban J connectivity index is 2.77. The van der Waals surface area contributed by atoms with E-state index < -0.39 is 11.2 Å². The molecule has 2 atom stereocenters. The smallest absolute Gasteiger partial charge is 0.119 e. The van der Waals surface area contributed by atoms with Crippen molar-refractivity contribution in [3.63, 3.8) is 0 Å². The summed E-state index contributed by atoms with van der Waals surface area (Å²) < 4.78 is 0. The minimum absolute atomic E-state index is 0.187. The van der Waals surface area contributed by atoms with Crippen molar-refractivity contribution < 1.29 is 15.3 Å². The fourth-order valence-corrected chi connectivity index (χ4v) is 1.49. The zero-order chi connectivity index (χ0) is 10.1. The van der Waals surface area contributed by atoms with Crippen LogP contribution in [0.5, 0.6) is 0 Å². The van der Waals surface area contributed by atoms with Crippen LogP contribution in [0, 0.1) is 5.92 Å². The topological polar surface area (TPSA) is 49.7 Å². The van der Waals surface area contributed by atoms with Crippen LogP contribution in [-0.2, 0) is 4.89 Å². The van der Waals surface area contributed by atoms with Gasteiger partial charge >= 0.3 is 0 Å². The maximum atomic E-state index is 10.1. The van der Waals surface area contributed by atoms with E-state index in [2.05, 4.69) is 4.89 Å². The summed E-state index contributed by atoms with van der Waals surface area (Å²) in [5.74, 6) is 0.187. The lowest BCUT2D eigenvalue weighted by molar-refractivity contribution is -0.307. The van der Waals surface area contributed by atoms with E-state index in [1.165, 1.54) is 0 Å². The van der Waals surface area contributed by atoms with E-state index in [4.69, 9.17) is 5.26 Å². The molecular formula is C10H18O3. The first kappa shape index (κ1) is 10.7. The third-order valence-electron chi connectivity index (χ3n) is 2.95. The molecule has 2 N–H and O–H groups in total. The van der Waals surface area contributed by atoms with Crippen molar-refractivity contribution in [1.82, 2.24) is 0 Å². The standard InChI is InChI=1S/C10H18O3/c1-8(2)10(11)6-4-9(3,13-12)5-7-10/h4,6,8,11-12H,5,7H2,1-3H3/t9-,10+/m0/s1. The Bertz CT molecular complexity index is 212. The number of hydrogen-bond donors (Lipinski definition) is 2. The van der Waals surface area contributed by atoms with Crippen LogP contribution in [0.3, 0.4) is 0 Å². The number of aliphatic hydroxyl groups is 1. The minimum Gasteiger partial charge on any atom is -0.386 e. The van der Waals surface area contributed by atoms with Crippen molar-refractivity contribution in [1.29, 1.82) is 0 Å². The Morgan fingerprint density at radius 1 is 1.31 bits per heavy atom. The van der Waals surface area contributed by atoms with E-state index in [0.717, 1.165) is 0 Å². The van der Waals surface area contributed by atoms with Gasteiger partial charge in [-0.25, -0.2) is 4.89 Å². The van der Waals surface area contributed by atoms with Crippen LogP contribution >= 0.6 is 0 Å². The van der Waals surface area contributed by atoms with Gasteiger partial charge in [0.05, 0.1) is 5.60 Å². The van der Waals surface area contributed by atoms with Gasteiger partial charge in [0, 0.05) is 0 Å². The lowest BCUT2D eigenvalue weighted by Crippen LogP contribution is -2.41. The molecule has 0 radical (unpaired) electrons. The van der Waals surface area contributed by atoms with Gasteiger partial charge in [-0.3, -0.25) is 5.26 Å². The summed E-state index contributed by atoms with van der Waals surface area (Å²) in [6.07, 6.45) is 4.72. The molecular weight excluding hydrogens is 168 g/mol. The molecule has 0 saturated carbocycles. The molecule has 0 aromatic rings. The second kappa shape index (κ2) is 3.40. The van der Waals surface area contributed by atoms with E-state index in [9.17, 15) is 5.11 Å². The van der Waals surface area contributed by atoms with Crippen LogP contribution in [0.15, 0.2) is 12.2 Å². The minimum atomic E-state index is -0.738.